The van der Waals surface area contributed by atoms with Crippen LogP contribution >= 0.6 is 0 Å². The van der Waals surface area contributed by atoms with Crippen molar-refractivity contribution in [3.63, 3.8) is 0 Å². The van der Waals surface area contributed by atoms with Crippen LogP contribution in [0.5, 0.6) is 0 Å². The number of amides is 1. The fourth-order valence-electron chi connectivity index (χ4n) is 3.42. The van der Waals surface area contributed by atoms with E-state index in [0.717, 1.165) is 29.7 Å². The molecule has 1 aromatic heterocycles. The van der Waals surface area contributed by atoms with Gasteiger partial charge in [-0.05, 0) is 61.1 Å². The smallest absolute Gasteiger partial charge is 0.256 e. The topological polar surface area (TPSA) is 94.8 Å². The second-order valence-corrected chi connectivity index (χ2v) is 6.09. The minimum Gasteiger partial charge on any atom is -0.384 e. The van der Waals surface area contributed by atoms with Gasteiger partial charge in [-0.2, -0.15) is 0 Å². The van der Waals surface area contributed by atoms with Gasteiger partial charge >= 0.3 is 0 Å². The molecule has 1 aliphatic carbocycles. The van der Waals surface area contributed by atoms with Gasteiger partial charge in [-0.1, -0.05) is 0 Å². The molecule has 0 fully saturated rings. The number of fused-ring (bicyclic) bond motifs is 2. The van der Waals surface area contributed by atoms with Gasteiger partial charge in [0.1, 0.15) is 5.84 Å². The van der Waals surface area contributed by atoms with Gasteiger partial charge in [-0.15, -0.1) is 0 Å². The Labute approximate surface area is 134 Å². The standard InChI is InChI=1S/C18H18N4O/c19-17(20)10-5-6-16-13(7-10)14(18(23)22-16)8-11-9-21-15-4-2-1-3-12(11)15/h5-9,21H,1-4H2,(H3,19,20)(H,22,23). The number of nitrogens with one attached hydrogen (secondary N) is 3. The second kappa shape index (κ2) is 5.12. The summed E-state index contributed by atoms with van der Waals surface area (Å²) >= 11 is 0. The Morgan fingerprint density at radius 2 is 2.09 bits per heavy atom. The third kappa shape index (κ3) is 2.25. The highest BCUT2D eigenvalue weighted by atomic mass is 16.2. The maximum Gasteiger partial charge on any atom is 0.256 e. The number of nitrogens with two attached hydrogens (primary N) is 1. The molecule has 4 rings (SSSR count). The number of carbonyl (C=O) groups is 1. The van der Waals surface area contributed by atoms with E-state index < -0.39 is 0 Å². The summed E-state index contributed by atoms with van der Waals surface area (Å²) in [4.78, 5) is 15.7. The van der Waals surface area contributed by atoms with Gasteiger partial charge in [-0.3, -0.25) is 10.2 Å². The number of carbonyl (C=O) groups excluding carboxylic acids is 1. The number of hydrogen-bond acceptors (Lipinski definition) is 2. The van der Waals surface area contributed by atoms with Crippen molar-refractivity contribution in [1.29, 1.82) is 5.41 Å². The van der Waals surface area contributed by atoms with Crippen molar-refractivity contribution >= 4 is 29.1 Å². The molecule has 1 aromatic carbocycles. The quantitative estimate of drug-likeness (QED) is 0.390. The minimum atomic E-state index is -0.105. The lowest BCUT2D eigenvalue weighted by Gasteiger charge is -2.11. The van der Waals surface area contributed by atoms with E-state index in [9.17, 15) is 4.79 Å². The molecule has 0 bridgehead atoms. The van der Waals surface area contributed by atoms with E-state index >= 15 is 0 Å². The first-order chi connectivity index (χ1) is 11.1. The highest BCUT2D eigenvalue weighted by molar-refractivity contribution is 6.35. The summed E-state index contributed by atoms with van der Waals surface area (Å²) in [6.07, 6.45) is 8.48. The van der Waals surface area contributed by atoms with Gasteiger partial charge in [0.25, 0.3) is 5.91 Å². The molecule has 23 heavy (non-hydrogen) atoms. The van der Waals surface area contributed by atoms with Crippen LogP contribution < -0.4 is 11.1 Å². The normalized spacial score (nSPS) is 17.7. The SMILES string of the molecule is N=C(N)c1ccc2c(c1)C(=Cc1c[nH]c3c1CCCC3)C(=O)N2. The van der Waals surface area contributed by atoms with E-state index in [2.05, 4.69) is 10.3 Å². The third-order valence-corrected chi connectivity index (χ3v) is 4.63. The molecule has 0 spiro atoms. The summed E-state index contributed by atoms with van der Waals surface area (Å²) in [6, 6.07) is 5.36. The molecule has 1 aliphatic heterocycles. The van der Waals surface area contributed by atoms with Crippen LogP contribution in [-0.4, -0.2) is 16.7 Å². The molecule has 2 aromatic rings. The van der Waals surface area contributed by atoms with Gasteiger partial charge in [-0.25, -0.2) is 0 Å². The van der Waals surface area contributed by atoms with Gasteiger partial charge < -0.3 is 16.0 Å². The Balaban J connectivity index is 1.81. The zero-order chi connectivity index (χ0) is 16.0. The van der Waals surface area contributed by atoms with Crippen LogP contribution in [0, 0.1) is 5.41 Å². The Morgan fingerprint density at radius 1 is 1.26 bits per heavy atom. The van der Waals surface area contributed by atoms with Crippen molar-refractivity contribution in [2.75, 3.05) is 5.32 Å². The van der Waals surface area contributed by atoms with Gasteiger partial charge in [0.05, 0.1) is 0 Å². The van der Waals surface area contributed by atoms with Crippen LogP contribution in [0.2, 0.25) is 0 Å². The molecule has 0 unspecified atom stereocenters. The van der Waals surface area contributed by atoms with Crippen molar-refractivity contribution in [1.82, 2.24) is 4.98 Å². The van der Waals surface area contributed by atoms with Crippen LogP contribution in [0.25, 0.3) is 11.6 Å². The molecule has 5 nitrogen and oxygen atoms in total. The first-order valence-electron chi connectivity index (χ1n) is 7.84. The molecule has 0 saturated heterocycles. The first-order valence-corrected chi connectivity index (χ1v) is 7.84. The highest BCUT2D eigenvalue weighted by Crippen LogP contribution is 2.35. The van der Waals surface area contributed by atoms with Crippen molar-refractivity contribution in [2.45, 2.75) is 25.7 Å². The largest absolute Gasteiger partial charge is 0.384 e. The Kier molecular flexibility index (Phi) is 3.08. The third-order valence-electron chi connectivity index (χ3n) is 4.63. The van der Waals surface area contributed by atoms with Crippen molar-refractivity contribution in [3.05, 3.63) is 52.3 Å². The average molecular weight is 306 g/mol. The number of amidine groups is 1. The first kappa shape index (κ1) is 13.8. The van der Waals surface area contributed by atoms with Crippen LogP contribution in [-0.2, 0) is 17.6 Å². The summed E-state index contributed by atoms with van der Waals surface area (Å²) in [5.41, 5.74) is 12.1. The predicted octanol–water partition coefficient (Wildman–Crippen LogP) is 2.67. The molecule has 5 N–H and O–H groups in total. The Morgan fingerprint density at radius 3 is 2.91 bits per heavy atom. The fourth-order valence-corrected chi connectivity index (χ4v) is 3.42. The molecule has 2 aliphatic rings. The van der Waals surface area contributed by atoms with Crippen molar-refractivity contribution in [3.8, 4) is 0 Å². The molecular formula is C18H18N4O. The summed E-state index contributed by atoms with van der Waals surface area (Å²) < 4.78 is 0. The number of H-pyrrole nitrogens is 1. The molecule has 116 valence electrons. The van der Waals surface area contributed by atoms with Crippen LogP contribution in [0.1, 0.15) is 40.8 Å². The number of hydrogen-bond donors (Lipinski definition) is 4. The number of aromatic amines is 1. The van der Waals surface area contributed by atoms with E-state index in [0.29, 0.717) is 11.1 Å². The number of aromatic nitrogens is 1. The summed E-state index contributed by atoms with van der Waals surface area (Å²) in [5, 5.41) is 10.5. The van der Waals surface area contributed by atoms with Crippen molar-refractivity contribution < 1.29 is 4.79 Å². The van der Waals surface area contributed by atoms with Gasteiger partial charge in [0.2, 0.25) is 0 Å². The van der Waals surface area contributed by atoms with Crippen LogP contribution in [0.4, 0.5) is 5.69 Å². The molecule has 0 atom stereocenters. The molecule has 0 saturated carbocycles. The van der Waals surface area contributed by atoms with E-state index in [1.54, 1.807) is 18.2 Å². The summed E-state index contributed by atoms with van der Waals surface area (Å²) in [7, 11) is 0. The Bertz CT molecular complexity index is 860. The molecule has 2 heterocycles. The monoisotopic (exact) mass is 306 g/mol. The molecule has 1 amide bonds. The van der Waals surface area contributed by atoms with Gasteiger partial charge in [0.15, 0.2) is 0 Å². The minimum absolute atomic E-state index is 0.00511. The van der Waals surface area contributed by atoms with Gasteiger partial charge in [0, 0.05) is 34.3 Å². The Hall–Kier alpha value is -2.82. The van der Waals surface area contributed by atoms with E-state index in [1.165, 1.54) is 24.1 Å². The average Bonchev–Trinajstić information content (AvgIpc) is 3.09. The number of nitrogen functional groups attached to an aromatic ring is 1. The lowest BCUT2D eigenvalue weighted by atomic mass is 9.93. The predicted molar refractivity (Wildman–Crippen MR) is 91.4 cm³/mol. The molecular weight excluding hydrogens is 288 g/mol. The lowest BCUT2D eigenvalue weighted by molar-refractivity contribution is -0.110. The van der Waals surface area contributed by atoms with Crippen LogP contribution in [0.3, 0.4) is 0 Å². The fraction of sp³-hybridized carbons (Fsp3) is 0.222. The second-order valence-electron chi connectivity index (χ2n) is 6.09. The van der Waals surface area contributed by atoms with E-state index in [1.807, 2.05) is 12.3 Å². The number of anilines is 1. The van der Waals surface area contributed by atoms with Crippen molar-refractivity contribution in [2.24, 2.45) is 5.73 Å². The summed E-state index contributed by atoms with van der Waals surface area (Å²) in [5.74, 6) is -0.100. The number of benzene rings is 1. The maximum absolute atomic E-state index is 12.3. The van der Waals surface area contributed by atoms with E-state index in [4.69, 9.17) is 11.1 Å². The zero-order valence-corrected chi connectivity index (χ0v) is 12.7. The van der Waals surface area contributed by atoms with E-state index in [-0.39, 0.29) is 11.7 Å². The number of rotatable bonds is 2. The lowest BCUT2D eigenvalue weighted by Crippen LogP contribution is -2.10. The van der Waals surface area contributed by atoms with Crippen LogP contribution in [0.15, 0.2) is 24.4 Å². The number of aryl methyl sites for hydroxylation is 1. The zero-order valence-electron chi connectivity index (χ0n) is 12.7. The highest BCUT2D eigenvalue weighted by Gasteiger charge is 2.25. The maximum atomic E-state index is 12.3. The molecule has 0 radical (unpaired) electrons. The molecule has 5 heteroatoms. The summed E-state index contributed by atoms with van der Waals surface area (Å²) in [6.45, 7) is 0.